The molecule has 0 saturated heterocycles. The summed E-state index contributed by atoms with van der Waals surface area (Å²) in [4.78, 5) is 16.3. The van der Waals surface area contributed by atoms with E-state index in [1.54, 1.807) is 18.2 Å². The van der Waals surface area contributed by atoms with Gasteiger partial charge in [-0.25, -0.2) is 9.78 Å². The van der Waals surface area contributed by atoms with E-state index in [2.05, 4.69) is 4.98 Å². The molecule has 0 saturated carbocycles. The van der Waals surface area contributed by atoms with Gasteiger partial charge in [-0.1, -0.05) is 29.8 Å². The van der Waals surface area contributed by atoms with E-state index in [0.717, 1.165) is 16.7 Å². The van der Waals surface area contributed by atoms with Crippen LogP contribution in [0.3, 0.4) is 0 Å². The SMILES string of the molecule is Cc1ccc(-c2cc(C(=O)O)c3ccc(Cl)c(C)c3n2)cc1C. The third-order valence-corrected chi connectivity index (χ3v) is 4.61. The molecule has 3 nitrogen and oxygen atoms in total. The molecular formula is C19H16ClNO2. The second-order valence-corrected chi connectivity index (χ2v) is 6.14. The number of carboxylic acids is 1. The number of carboxylic acid groups (broad SMARTS) is 1. The van der Waals surface area contributed by atoms with E-state index in [4.69, 9.17) is 11.6 Å². The minimum absolute atomic E-state index is 0.239. The fraction of sp³-hybridized carbons (Fsp3) is 0.158. The van der Waals surface area contributed by atoms with Crippen molar-refractivity contribution in [2.24, 2.45) is 0 Å². The Morgan fingerprint density at radius 1 is 1.04 bits per heavy atom. The minimum Gasteiger partial charge on any atom is -0.478 e. The van der Waals surface area contributed by atoms with Crippen molar-refractivity contribution < 1.29 is 9.90 Å². The van der Waals surface area contributed by atoms with Crippen molar-refractivity contribution in [3.63, 3.8) is 0 Å². The van der Waals surface area contributed by atoms with E-state index in [1.165, 1.54) is 5.56 Å². The number of aromatic carboxylic acids is 1. The fourth-order valence-electron chi connectivity index (χ4n) is 2.63. The maximum absolute atomic E-state index is 11.7. The summed E-state index contributed by atoms with van der Waals surface area (Å²) in [6.45, 7) is 5.92. The van der Waals surface area contributed by atoms with Gasteiger partial charge in [-0.05, 0) is 55.7 Å². The van der Waals surface area contributed by atoms with E-state index in [9.17, 15) is 9.90 Å². The summed E-state index contributed by atoms with van der Waals surface area (Å²) in [5.74, 6) is -0.968. The predicted molar refractivity (Wildman–Crippen MR) is 93.4 cm³/mol. The lowest BCUT2D eigenvalue weighted by Gasteiger charge is -2.11. The first-order valence-electron chi connectivity index (χ1n) is 7.29. The predicted octanol–water partition coefficient (Wildman–Crippen LogP) is 5.18. The quantitative estimate of drug-likeness (QED) is 0.706. The van der Waals surface area contributed by atoms with Crippen LogP contribution < -0.4 is 0 Å². The number of nitrogens with zero attached hydrogens (tertiary/aromatic N) is 1. The molecule has 0 aliphatic heterocycles. The molecule has 0 bridgehead atoms. The van der Waals surface area contributed by atoms with Crippen LogP contribution in [0.15, 0.2) is 36.4 Å². The average molecular weight is 326 g/mol. The van der Waals surface area contributed by atoms with Gasteiger partial charge in [0, 0.05) is 16.0 Å². The zero-order valence-electron chi connectivity index (χ0n) is 13.1. The number of aryl methyl sites for hydroxylation is 3. The van der Waals surface area contributed by atoms with Crippen LogP contribution in [0.25, 0.3) is 22.2 Å². The first-order chi connectivity index (χ1) is 10.9. The number of pyridine rings is 1. The van der Waals surface area contributed by atoms with Crippen molar-refractivity contribution in [1.82, 2.24) is 4.98 Å². The molecule has 4 heteroatoms. The molecule has 1 heterocycles. The molecule has 0 aliphatic carbocycles. The molecule has 1 N–H and O–H groups in total. The average Bonchev–Trinajstić information content (AvgIpc) is 2.52. The van der Waals surface area contributed by atoms with E-state index in [1.807, 2.05) is 39.0 Å². The Hall–Kier alpha value is -2.39. The molecule has 0 fully saturated rings. The van der Waals surface area contributed by atoms with Gasteiger partial charge in [0.05, 0.1) is 16.8 Å². The van der Waals surface area contributed by atoms with E-state index < -0.39 is 5.97 Å². The monoisotopic (exact) mass is 325 g/mol. The van der Waals surface area contributed by atoms with Gasteiger partial charge in [0.2, 0.25) is 0 Å². The number of hydrogen-bond donors (Lipinski definition) is 1. The van der Waals surface area contributed by atoms with Gasteiger partial charge < -0.3 is 5.11 Å². The molecular weight excluding hydrogens is 310 g/mol. The molecule has 2 aromatic carbocycles. The Balaban J connectivity index is 2.35. The number of rotatable bonds is 2. The highest BCUT2D eigenvalue weighted by Gasteiger charge is 2.15. The highest BCUT2D eigenvalue weighted by Crippen LogP contribution is 2.30. The molecule has 0 aliphatic rings. The first-order valence-corrected chi connectivity index (χ1v) is 7.67. The number of aromatic nitrogens is 1. The molecule has 1 aromatic heterocycles. The van der Waals surface area contributed by atoms with Gasteiger partial charge in [0.25, 0.3) is 0 Å². The number of carbonyl (C=O) groups is 1. The largest absolute Gasteiger partial charge is 0.478 e. The molecule has 0 amide bonds. The van der Waals surface area contributed by atoms with Gasteiger partial charge in [-0.15, -0.1) is 0 Å². The first kappa shape index (κ1) is 15.5. The van der Waals surface area contributed by atoms with E-state index in [0.29, 0.717) is 21.6 Å². The van der Waals surface area contributed by atoms with Crippen LogP contribution >= 0.6 is 11.6 Å². The summed E-state index contributed by atoms with van der Waals surface area (Å²) in [6.07, 6.45) is 0. The van der Waals surface area contributed by atoms with Crippen LogP contribution in [0.1, 0.15) is 27.0 Å². The van der Waals surface area contributed by atoms with Crippen molar-refractivity contribution in [3.8, 4) is 11.3 Å². The number of fused-ring (bicyclic) bond motifs is 1. The maximum atomic E-state index is 11.7. The maximum Gasteiger partial charge on any atom is 0.336 e. The Bertz CT molecular complexity index is 948. The lowest BCUT2D eigenvalue weighted by atomic mass is 10.00. The van der Waals surface area contributed by atoms with Crippen molar-refractivity contribution in [3.05, 3.63) is 63.7 Å². The van der Waals surface area contributed by atoms with Crippen molar-refractivity contribution in [2.75, 3.05) is 0 Å². The Morgan fingerprint density at radius 3 is 2.43 bits per heavy atom. The fourth-order valence-corrected chi connectivity index (χ4v) is 2.78. The molecule has 116 valence electrons. The topological polar surface area (TPSA) is 50.2 Å². The summed E-state index contributed by atoms with van der Waals surface area (Å²) < 4.78 is 0. The van der Waals surface area contributed by atoms with Gasteiger partial charge in [-0.3, -0.25) is 0 Å². The number of benzene rings is 2. The minimum atomic E-state index is -0.968. The summed E-state index contributed by atoms with van der Waals surface area (Å²) in [5, 5.41) is 10.7. The number of halogens is 1. The van der Waals surface area contributed by atoms with Crippen LogP contribution in [0.5, 0.6) is 0 Å². The summed E-state index contributed by atoms with van der Waals surface area (Å²) >= 11 is 6.18. The lowest BCUT2D eigenvalue weighted by molar-refractivity contribution is 0.0699. The zero-order valence-corrected chi connectivity index (χ0v) is 13.9. The Kier molecular flexibility index (Phi) is 3.82. The molecule has 23 heavy (non-hydrogen) atoms. The van der Waals surface area contributed by atoms with Crippen molar-refractivity contribution in [2.45, 2.75) is 20.8 Å². The highest BCUT2D eigenvalue weighted by molar-refractivity contribution is 6.32. The Morgan fingerprint density at radius 2 is 1.78 bits per heavy atom. The van der Waals surface area contributed by atoms with Crippen LogP contribution in [0.4, 0.5) is 0 Å². The van der Waals surface area contributed by atoms with E-state index in [-0.39, 0.29) is 5.56 Å². The van der Waals surface area contributed by atoms with E-state index >= 15 is 0 Å². The Labute approximate surface area is 139 Å². The molecule has 3 rings (SSSR count). The molecule has 3 aromatic rings. The molecule has 0 radical (unpaired) electrons. The van der Waals surface area contributed by atoms with Crippen LogP contribution in [-0.4, -0.2) is 16.1 Å². The smallest absolute Gasteiger partial charge is 0.336 e. The molecule has 0 unspecified atom stereocenters. The van der Waals surface area contributed by atoms with Crippen LogP contribution in [-0.2, 0) is 0 Å². The van der Waals surface area contributed by atoms with Gasteiger partial charge in [0.15, 0.2) is 0 Å². The third kappa shape index (κ3) is 2.68. The van der Waals surface area contributed by atoms with Gasteiger partial charge in [0.1, 0.15) is 0 Å². The summed E-state index contributed by atoms with van der Waals surface area (Å²) in [7, 11) is 0. The second-order valence-electron chi connectivity index (χ2n) is 5.73. The third-order valence-electron chi connectivity index (χ3n) is 4.20. The normalized spacial score (nSPS) is 11.0. The lowest BCUT2D eigenvalue weighted by Crippen LogP contribution is -2.01. The zero-order chi connectivity index (χ0) is 16.7. The number of hydrogen-bond acceptors (Lipinski definition) is 2. The van der Waals surface area contributed by atoms with Crippen LogP contribution in [0, 0.1) is 20.8 Å². The summed E-state index contributed by atoms with van der Waals surface area (Å²) in [6, 6.07) is 11.1. The molecule has 0 atom stereocenters. The van der Waals surface area contributed by atoms with Crippen molar-refractivity contribution >= 4 is 28.5 Å². The van der Waals surface area contributed by atoms with Gasteiger partial charge >= 0.3 is 5.97 Å². The second kappa shape index (κ2) is 5.67. The highest BCUT2D eigenvalue weighted by atomic mass is 35.5. The standard InChI is InChI=1S/C19H16ClNO2/c1-10-4-5-13(8-11(10)2)17-9-15(19(22)23)14-6-7-16(20)12(3)18(14)21-17/h4-9H,1-3H3,(H,22,23). The van der Waals surface area contributed by atoms with Crippen LogP contribution in [0.2, 0.25) is 5.02 Å². The van der Waals surface area contributed by atoms with Crippen molar-refractivity contribution in [1.29, 1.82) is 0 Å². The van der Waals surface area contributed by atoms with Gasteiger partial charge in [-0.2, -0.15) is 0 Å². The summed E-state index contributed by atoms with van der Waals surface area (Å²) in [5.41, 5.74) is 5.53. The molecule has 0 spiro atoms.